The Morgan fingerprint density at radius 2 is 2.08 bits per heavy atom. The molecule has 2 nitrogen and oxygen atoms in total. The lowest BCUT2D eigenvalue weighted by Gasteiger charge is -2.10. The third kappa shape index (κ3) is 1.42. The van der Waals surface area contributed by atoms with E-state index < -0.39 is 0 Å². The average molecular weight is 165 g/mol. The number of nitrogens with zero attached hydrogens (tertiary/aromatic N) is 1. The number of aryl methyl sites for hydroxylation is 1. The quantitative estimate of drug-likeness (QED) is 0.670. The second-order valence-corrected chi connectivity index (χ2v) is 2.91. The highest BCUT2D eigenvalue weighted by Gasteiger charge is 2.06. The minimum Gasteiger partial charge on any atom is -0.481 e. The maximum Gasteiger partial charge on any atom is 0.216 e. The molecule has 0 saturated carbocycles. The van der Waals surface area contributed by atoms with E-state index in [4.69, 9.17) is 4.74 Å². The average Bonchev–Trinajstić information content (AvgIpc) is 2.09. The van der Waals surface area contributed by atoms with Crippen molar-refractivity contribution in [3.63, 3.8) is 0 Å². The zero-order chi connectivity index (χ0) is 9.14. The van der Waals surface area contributed by atoms with Crippen molar-refractivity contribution in [2.45, 2.75) is 27.2 Å². The van der Waals surface area contributed by atoms with Crippen LogP contribution < -0.4 is 4.74 Å². The lowest BCUT2D eigenvalue weighted by Crippen LogP contribution is -1.98. The van der Waals surface area contributed by atoms with Crippen LogP contribution in [0.2, 0.25) is 0 Å². The number of rotatable bonds is 2. The SMILES string of the molecule is CCc1c(OC)ncc(C)c1C. The van der Waals surface area contributed by atoms with Crippen LogP contribution in [0.1, 0.15) is 23.6 Å². The fourth-order valence-electron chi connectivity index (χ4n) is 1.32. The maximum atomic E-state index is 5.16. The van der Waals surface area contributed by atoms with E-state index in [1.165, 1.54) is 16.7 Å². The summed E-state index contributed by atoms with van der Waals surface area (Å²) in [6.45, 7) is 6.30. The Balaban J connectivity index is 3.25. The third-order valence-electron chi connectivity index (χ3n) is 2.22. The van der Waals surface area contributed by atoms with Crippen molar-refractivity contribution in [1.29, 1.82) is 0 Å². The molecule has 0 aliphatic heterocycles. The number of pyridine rings is 1. The molecular weight excluding hydrogens is 150 g/mol. The Kier molecular flexibility index (Phi) is 2.69. The van der Waals surface area contributed by atoms with E-state index in [-0.39, 0.29) is 0 Å². The summed E-state index contributed by atoms with van der Waals surface area (Å²) < 4.78 is 5.16. The summed E-state index contributed by atoms with van der Waals surface area (Å²) >= 11 is 0. The molecule has 12 heavy (non-hydrogen) atoms. The summed E-state index contributed by atoms with van der Waals surface area (Å²) in [4.78, 5) is 4.21. The summed E-state index contributed by atoms with van der Waals surface area (Å²) in [6, 6.07) is 0. The van der Waals surface area contributed by atoms with E-state index in [9.17, 15) is 0 Å². The van der Waals surface area contributed by atoms with Crippen LogP contribution >= 0.6 is 0 Å². The first-order valence-corrected chi connectivity index (χ1v) is 4.19. The number of ether oxygens (including phenoxy) is 1. The number of aromatic nitrogens is 1. The van der Waals surface area contributed by atoms with Crippen molar-refractivity contribution in [2.75, 3.05) is 7.11 Å². The summed E-state index contributed by atoms with van der Waals surface area (Å²) in [5, 5.41) is 0. The second-order valence-electron chi connectivity index (χ2n) is 2.91. The Morgan fingerprint density at radius 3 is 2.58 bits per heavy atom. The van der Waals surface area contributed by atoms with Gasteiger partial charge >= 0.3 is 0 Å². The van der Waals surface area contributed by atoms with E-state index in [2.05, 4.69) is 25.8 Å². The van der Waals surface area contributed by atoms with Crippen molar-refractivity contribution in [1.82, 2.24) is 4.98 Å². The predicted octanol–water partition coefficient (Wildman–Crippen LogP) is 2.27. The molecular formula is C10H15NO. The van der Waals surface area contributed by atoms with Crippen LogP contribution in [-0.4, -0.2) is 12.1 Å². The van der Waals surface area contributed by atoms with Crippen LogP contribution in [0.5, 0.6) is 5.88 Å². The van der Waals surface area contributed by atoms with Crippen molar-refractivity contribution < 1.29 is 4.74 Å². The largest absolute Gasteiger partial charge is 0.481 e. The van der Waals surface area contributed by atoms with Gasteiger partial charge in [-0.15, -0.1) is 0 Å². The Labute approximate surface area is 73.6 Å². The number of hydrogen-bond donors (Lipinski definition) is 0. The molecule has 0 saturated heterocycles. The van der Waals surface area contributed by atoms with Gasteiger partial charge in [0, 0.05) is 11.8 Å². The van der Waals surface area contributed by atoms with Crippen molar-refractivity contribution in [2.24, 2.45) is 0 Å². The highest BCUT2D eigenvalue weighted by atomic mass is 16.5. The molecule has 0 unspecified atom stereocenters. The molecule has 1 aromatic rings. The molecule has 1 rings (SSSR count). The van der Waals surface area contributed by atoms with Gasteiger partial charge in [0.2, 0.25) is 5.88 Å². The van der Waals surface area contributed by atoms with Gasteiger partial charge in [0.05, 0.1) is 7.11 Å². The van der Waals surface area contributed by atoms with Gasteiger partial charge in [-0.3, -0.25) is 0 Å². The van der Waals surface area contributed by atoms with Gasteiger partial charge in [-0.25, -0.2) is 4.98 Å². The molecule has 0 radical (unpaired) electrons. The fourth-order valence-corrected chi connectivity index (χ4v) is 1.32. The van der Waals surface area contributed by atoms with E-state index in [0.717, 1.165) is 12.3 Å². The molecule has 0 N–H and O–H groups in total. The first kappa shape index (κ1) is 9.04. The molecule has 0 bridgehead atoms. The van der Waals surface area contributed by atoms with Crippen LogP contribution in [0.15, 0.2) is 6.20 Å². The summed E-state index contributed by atoms with van der Waals surface area (Å²) in [5.41, 5.74) is 3.74. The Morgan fingerprint density at radius 1 is 1.42 bits per heavy atom. The van der Waals surface area contributed by atoms with Crippen LogP contribution in [-0.2, 0) is 6.42 Å². The van der Waals surface area contributed by atoms with Gasteiger partial charge in [0.1, 0.15) is 0 Å². The monoisotopic (exact) mass is 165 g/mol. The Bertz CT molecular complexity index is 281. The van der Waals surface area contributed by atoms with Gasteiger partial charge < -0.3 is 4.74 Å². The second kappa shape index (κ2) is 3.57. The molecule has 0 aromatic carbocycles. The van der Waals surface area contributed by atoms with Crippen molar-refractivity contribution in [3.8, 4) is 5.88 Å². The van der Waals surface area contributed by atoms with E-state index in [1.54, 1.807) is 7.11 Å². The summed E-state index contributed by atoms with van der Waals surface area (Å²) in [6.07, 6.45) is 2.83. The van der Waals surface area contributed by atoms with E-state index in [0.29, 0.717) is 0 Å². The number of hydrogen-bond acceptors (Lipinski definition) is 2. The maximum absolute atomic E-state index is 5.16. The van der Waals surface area contributed by atoms with Gasteiger partial charge in [-0.2, -0.15) is 0 Å². The van der Waals surface area contributed by atoms with Gasteiger partial charge in [-0.05, 0) is 31.4 Å². The summed E-state index contributed by atoms with van der Waals surface area (Å²) in [5.74, 6) is 0.764. The van der Waals surface area contributed by atoms with Gasteiger partial charge in [0.15, 0.2) is 0 Å². The molecule has 0 aliphatic rings. The molecule has 0 amide bonds. The highest BCUT2D eigenvalue weighted by Crippen LogP contribution is 2.21. The topological polar surface area (TPSA) is 22.1 Å². The van der Waals surface area contributed by atoms with Gasteiger partial charge in [-0.1, -0.05) is 6.92 Å². The highest BCUT2D eigenvalue weighted by molar-refractivity contribution is 5.38. The van der Waals surface area contributed by atoms with Crippen molar-refractivity contribution >= 4 is 0 Å². The van der Waals surface area contributed by atoms with Crippen LogP contribution in [0.25, 0.3) is 0 Å². The number of methoxy groups -OCH3 is 1. The molecule has 0 atom stereocenters. The normalized spacial score (nSPS) is 10.0. The first-order chi connectivity index (χ1) is 5.70. The van der Waals surface area contributed by atoms with Gasteiger partial charge in [0.25, 0.3) is 0 Å². The standard InChI is InChI=1S/C10H15NO/c1-5-9-8(3)7(2)6-11-10(9)12-4/h6H,5H2,1-4H3. The molecule has 0 fully saturated rings. The molecule has 0 aliphatic carbocycles. The first-order valence-electron chi connectivity index (χ1n) is 4.19. The minimum absolute atomic E-state index is 0.764. The van der Waals surface area contributed by atoms with Crippen LogP contribution in [0.3, 0.4) is 0 Å². The molecule has 2 heteroatoms. The molecule has 0 spiro atoms. The van der Waals surface area contributed by atoms with Crippen LogP contribution in [0, 0.1) is 13.8 Å². The third-order valence-corrected chi connectivity index (χ3v) is 2.22. The lowest BCUT2D eigenvalue weighted by molar-refractivity contribution is 0.392. The van der Waals surface area contributed by atoms with E-state index >= 15 is 0 Å². The fraction of sp³-hybridized carbons (Fsp3) is 0.500. The van der Waals surface area contributed by atoms with E-state index in [1.807, 2.05) is 6.20 Å². The zero-order valence-electron chi connectivity index (χ0n) is 8.14. The van der Waals surface area contributed by atoms with Crippen molar-refractivity contribution in [3.05, 3.63) is 22.9 Å². The van der Waals surface area contributed by atoms with Crippen LogP contribution in [0.4, 0.5) is 0 Å². The zero-order valence-corrected chi connectivity index (χ0v) is 8.14. The molecule has 1 aromatic heterocycles. The smallest absolute Gasteiger partial charge is 0.216 e. The Hall–Kier alpha value is -1.05. The molecule has 1 heterocycles. The summed E-state index contributed by atoms with van der Waals surface area (Å²) in [7, 11) is 1.66. The lowest BCUT2D eigenvalue weighted by atomic mass is 10.0. The predicted molar refractivity (Wildman–Crippen MR) is 49.6 cm³/mol. The minimum atomic E-state index is 0.764. The molecule has 66 valence electrons.